The molecule has 5 heteroatoms. The molecule has 1 unspecified atom stereocenters. The van der Waals surface area contributed by atoms with Crippen LogP contribution in [0.25, 0.3) is 0 Å². The number of amides is 1. The Morgan fingerprint density at radius 2 is 1.88 bits per heavy atom. The molecule has 0 bridgehead atoms. The predicted octanol–water partition coefficient (Wildman–Crippen LogP) is 1.50. The first-order chi connectivity index (χ1) is 7.46. The third-order valence-corrected chi connectivity index (χ3v) is 5.82. The molecule has 4 nitrogen and oxygen atoms in total. The van der Waals surface area contributed by atoms with Crippen LogP contribution >= 0.6 is 0 Å². The number of carbonyl (C=O) groups excluding carboxylic acids is 1. The molecule has 1 saturated carbocycles. The molecule has 1 fully saturated rings. The minimum absolute atomic E-state index is 0.110. The zero-order chi connectivity index (χ0) is 13.5. The van der Waals surface area contributed by atoms with Gasteiger partial charge < -0.3 is 5.32 Å². The average Bonchev–Trinajstić information content (AvgIpc) is 2.43. The Balaban J connectivity index is 2.69. The van der Waals surface area contributed by atoms with E-state index in [4.69, 9.17) is 0 Å². The van der Waals surface area contributed by atoms with Crippen molar-refractivity contribution in [3.05, 3.63) is 0 Å². The largest absolute Gasteiger partial charge is 0.352 e. The topological polar surface area (TPSA) is 63.2 Å². The molecule has 0 aromatic heterocycles. The van der Waals surface area contributed by atoms with Crippen LogP contribution in [0.5, 0.6) is 0 Å². The van der Waals surface area contributed by atoms with Crippen molar-refractivity contribution in [1.82, 2.24) is 5.32 Å². The molecule has 0 aliphatic heterocycles. The van der Waals surface area contributed by atoms with E-state index in [2.05, 4.69) is 19.2 Å². The van der Waals surface area contributed by atoms with Gasteiger partial charge in [0.1, 0.15) is 4.75 Å². The summed E-state index contributed by atoms with van der Waals surface area (Å²) in [5.74, 6) is -0.386. The predicted molar refractivity (Wildman–Crippen MR) is 68.5 cm³/mol. The molecule has 0 radical (unpaired) electrons. The van der Waals surface area contributed by atoms with E-state index in [1.807, 2.05) is 0 Å². The van der Waals surface area contributed by atoms with Gasteiger partial charge in [-0.1, -0.05) is 13.8 Å². The number of rotatable bonds is 3. The summed E-state index contributed by atoms with van der Waals surface area (Å²) >= 11 is 0. The van der Waals surface area contributed by atoms with Gasteiger partial charge in [0, 0.05) is 12.3 Å². The van der Waals surface area contributed by atoms with E-state index in [0.717, 1.165) is 25.5 Å². The standard InChI is InChI=1S/C12H23NO3S/c1-11(2)7-6-9(8-11)13-10(14)12(3,4)17(5,15)16/h9H,6-8H2,1-5H3,(H,13,14). The lowest BCUT2D eigenvalue weighted by Gasteiger charge is -2.25. The Bertz CT molecular complexity index is 409. The van der Waals surface area contributed by atoms with Crippen LogP contribution in [0.2, 0.25) is 0 Å². The second-order valence-electron chi connectivity index (χ2n) is 6.36. The number of hydrogen-bond donors (Lipinski definition) is 1. The third kappa shape index (κ3) is 3.21. The van der Waals surface area contributed by atoms with Crippen molar-refractivity contribution >= 4 is 15.7 Å². The van der Waals surface area contributed by atoms with Gasteiger partial charge in [-0.05, 0) is 38.5 Å². The van der Waals surface area contributed by atoms with Gasteiger partial charge in [0.2, 0.25) is 5.91 Å². The normalized spacial score (nSPS) is 24.6. The summed E-state index contributed by atoms with van der Waals surface area (Å²) in [4.78, 5) is 12.0. The molecular weight excluding hydrogens is 238 g/mol. The zero-order valence-corrected chi connectivity index (χ0v) is 12.1. The maximum absolute atomic E-state index is 12.0. The van der Waals surface area contributed by atoms with Crippen LogP contribution in [0, 0.1) is 5.41 Å². The lowest BCUT2D eigenvalue weighted by atomic mass is 9.92. The lowest BCUT2D eigenvalue weighted by Crippen LogP contribution is -2.50. The van der Waals surface area contributed by atoms with E-state index in [1.54, 1.807) is 0 Å². The summed E-state index contributed by atoms with van der Waals surface area (Å²) in [6.45, 7) is 7.25. The monoisotopic (exact) mass is 261 g/mol. The van der Waals surface area contributed by atoms with Crippen LogP contribution in [0.3, 0.4) is 0 Å². The Hall–Kier alpha value is -0.580. The fourth-order valence-electron chi connectivity index (χ4n) is 2.09. The summed E-state index contributed by atoms with van der Waals surface area (Å²) in [6, 6.07) is 0.110. The molecule has 0 spiro atoms. The van der Waals surface area contributed by atoms with Crippen molar-refractivity contribution < 1.29 is 13.2 Å². The van der Waals surface area contributed by atoms with E-state index in [1.165, 1.54) is 13.8 Å². The third-order valence-electron chi connectivity index (χ3n) is 3.78. The summed E-state index contributed by atoms with van der Waals surface area (Å²) in [5, 5.41) is 2.86. The van der Waals surface area contributed by atoms with E-state index in [-0.39, 0.29) is 17.4 Å². The van der Waals surface area contributed by atoms with Crippen molar-refractivity contribution in [1.29, 1.82) is 0 Å². The molecule has 1 N–H and O–H groups in total. The van der Waals surface area contributed by atoms with Crippen molar-refractivity contribution in [2.45, 2.75) is 57.7 Å². The molecule has 1 aliphatic rings. The van der Waals surface area contributed by atoms with Crippen molar-refractivity contribution in [2.75, 3.05) is 6.26 Å². The maximum Gasteiger partial charge on any atom is 0.241 e. The fraction of sp³-hybridized carbons (Fsp3) is 0.917. The van der Waals surface area contributed by atoms with Gasteiger partial charge in [0.15, 0.2) is 9.84 Å². The first kappa shape index (κ1) is 14.5. The molecule has 100 valence electrons. The average molecular weight is 261 g/mol. The highest BCUT2D eigenvalue weighted by Crippen LogP contribution is 2.37. The molecular formula is C12H23NO3S. The highest BCUT2D eigenvalue weighted by Gasteiger charge is 2.41. The van der Waals surface area contributed by atoms with Gasteiger partial charge in [-0.3, -0.25) is 4.79 Å². The van der Waals surface area contributed by atoms with Gasteiger partial charge in [-0.25, -0.2) is 8.42 Å². The molecule has 0 saturated heterocycles. The van der Waals surface area contributed by atoms with Crippen LogP contribution in [0.15, 0.2) is 0 Å². The number of sulfone groups is 1. The molecule has 0 aromatic carbocycles. The highest BCUT2D eigenvalue weighted by atomic mass is 32.2. The minimum Gasteiger partial charge on any atom is -0.352 e. The fourth-order valence-corrected chi connectivity index (χ4v) is 2.48. The molecule has 0 aromatic rings. The number of hydrogen-bond acceptors (Lipinski definition) is 3. The first-order valence-electron chi connectivity index (χ1n) is 5.96. The second kappa shape index (κ2) is 4.26. The van der Waals surface area contributed by atoms with Gasteiger partial charge in [-0.15, -0.1) is 0 Å². The van der Waals surface area contributed by atoms with Gasteiger partial charge >= 0.3 is 0 Å². The van der Waals surface area contributed by atoms with Crippen molar-refractivity contribution in [3.63, 3.8) is 0 Å². The van der Waals surface area contributed by atoms with Crippen LogP contribution in [-0.4, -0.2) is 31.4 Å². The van der Waals surface area contributed by atoms with E-state index in [9.17, 15) is 13.2 Å². The second-order valence-corrected chi connectivity index (χ2v) is 8.92. The summed E-state index contributed by atoms with van der Waals surface area (Å²) in [5.41, 5.74) is 0.243. The Labute approximate surface area is 104 Å². The van der Waals surface area contributed by atoms with Gasteiger partial charge in [0.05, 0.1) is 0 Å². The van der Waals surface area contributed by atoms with Gasteiger partial charge in [0.25, 0.3) is 0 Å². The lowest BCUT2D eigenvalue weighted by molar-refractivity contribution is -0.123. The quantitative estimate of drug-likeness (QED) is 0.837. The molecule has 17 heavy (non-hydrogen) atoms. The van der Waals surface area contributed by atoms with Crippen LogP contribution in [0.4, 0.5) is 0 Å². The van der Waals surface area contributed by atoms with E-state index < -0.39 is 14.6 Å². The van der Waals surface area contributed by atoms with Crippen LogP contribution < -0.4 is 5.32 Å². The molecule has 0 heterocycles. The molecule has 1 atom stereocenters. The summed E-state index contributed by atoms with van der Waals surface area (Å²) in [7, 11) is -3.38. The summed E-state index contributed by atoms with van der Waals surface area (Å²) in [6.07, 6.45) is 4.01. The Kier molecular flexibility index (Phi) is 3.63. The van der Waals surface area contributed by atoms with E-state index in [0.29, 0.717) is 0 Å². The van der Waals surface area contributed by atoms with Crippen molar-refractivity contribution in [2.24, 2.45) is 5.41 Å². The molecule has 1 amide bonds. The zero-order valence-electron chi connectivity index (χ0n) is 11.3. The first-order valence-corrected chi connectivity index (χ1v) is 7.85. The Morgan fingerprint density at radius 3 is 2.24 bits per heavy atom. The molecule has 1 aliphatic carbocycles. The highest BCUT2D eigenvalue weighted by molar-refractivity contribution is 7.92. The summed E-state index contributed by atoms with van der Waals surface area (Å²) < 4.78 is 21.7. The maximum atomic E-state index is 12.0. The molecule has 1 rings (SSSR count). The van der Waals surface area contributed by atoms with E-state index >= 15 is 0 Å². The van der Waals surface area contributed by atoms with Crippen molar-refractivity contribution in [3.8, 4) is 0 Å². The smallest absolute Gasteiger partial charge is 0.241 e. The number of carbonyl (C=O) groups is 1. The number of nitrogens with one attached hydrogen (secondary N) is 1. The van der Waals surface area contributed by atoms with Gasteiger partial charge in [-0.2, -0.15) is 0 Å². The minimum atomic E-state index is -3.38. The SMILES string of the molecule is CC1(C)CCC(NC(=O)C(C)(C)S(C)(=O)=O)C1. The van der Waals surface area contributed by atoms with Crippen LogP contribution in [-0.2, 0) is 14.6 Å². The van der Waals surface area contributed by atoms with Crippen LogP contribution in [0.1, 0.15) is 47.0 Å². The Morgan fingerprint density at radius 1 is 1.35 bits per heavy atom.